The molecule has 1 aromatic carbocycles. The molecule has 1 aromatic heterocycles. The number of carbonyl (C=O) groups is 1. The molecule has 0 spiro atoms. The van der Waals surface area contributed by atoms with Crippen molar-refractivity contribution in [1.29, 1.82) is 0 Å². The molecule has 0 amide bonds. The predicted octanol–water partition coefficient (Wildman–Crippen LogP) is 0.531. The van der Waals surface area contributed by atoms with Gasteiger partial charge in [-0.3, -0.25) is 9.59 Å². The van der Waals surface area contributed by atoms with Gasteiger partial charge in [0.25, 0.3) is 5.56 Å². The molecule has 0 saturated carbocycles. The van der Waals surface area contributed by atoms with Crippen molar-refractivity contribution in [1.82, 2.24) is 4.57 Å². The van der Waals surface area contributed by atoms with Crippen molar-refractivity contribution in [3.8, 4) is 0 Å². The van der Waals surface area contributed by atoms with Crippen LogP contribution in [0.4, 0.5) is 5.69 Å². The lowest BCUT2D eigenvalue weighted by atomic mass is 10.0. The number of aromatic nitrogens is 1. The zero-order valence-corrected chi connectivity index (χ0v) is 11.7. The monoisotopic (exact) mass is 287 g/mol. The highest BCUT2D eigenvalue weighted by molar-refractivity contribution is 5.93. The van der Waals surface area contributed by atoms with Crippen molar-refractivity contribution in [3.05, 3.63) is 40.7 Å². The van der Waals surface area contributed by atoms with Gasteiger partial charge in [0.05, 0.1) is 11.2 Å². The number of fused-ring (bicyclic) bond motifs is 1. The minimum atomic E-state index is -1.25. The zero-order chi connectivity index (χ0) is 15.2. The highest BCUT2D eigenvalue weighted by Gasteiger charge is 2.41. The second-order valence-electron chi connectivity index (χ2n) is 5.58. The Labute approximate surface area is 121 Å². The van der Waals surface area contributed by atoms with Crippen LogP contribution in [0.2, 0.25) is 0 Å². The third-order valence-corrected chi connectivity index (χ3v) is 4.20. The van der Waals surface area contributed by atoms with Crippen LogP contribution in [-0.2, 0) is 11.8 Å². The standard InChI is InChI=1S/C15H17N3O3/c1-17-11-5-3-2-4-10(11)12(8-13(17)19)18-7-6-15(16,9-18)14(20)21/h2-5,8H,6-7,9,16H2,1H3,(H,20,21). The van der Waals surface area contributed by atoms with E-state index in [-0.39, 0.29) is 12.1 Å². The maximum Gasteiger partial charge on any atom is 0.325 e. The summed E-state index contributed by atoms with van der Waals surface area (Å²) in [4.78, 5) is 25.2. The highest BCUT2D eigenvalue weighted by Crippen LogP contribution is 2.30. The Hall–Kier alpha value is -2.34. The van der Waals surface area contributed by atoms with Crippen LogP contribution in [0.5, 0.6) is 0 Å². The molecular formula is C15H17N3O3. The molecule has 110 valence electrons. The molecule has 21 heavy (non-hydrogen) atoms. The highest BCUT2D eigenvalue weighted by atomic mass is 16.4. The van der Waals surface area contributed by atoms with Crippen LogP contribution in [0, 0.1) is 0 Å². The van der Waals surface area contributed by atoms with E-state index in [1.165, 1.54) is 0 Å². The van der Waals surface area contributed by atoms with Crippen molar-refractivity contribution in [3.63, 3.8) is 0 Å². The normalized spacial score (nSPS) is 21.9. The molecule has 2 heterocycles. The van der Waals surface area contributed by atoms with E-state index in [1.54, 1.807) is 17.7 Å². The lowest BCUT2D eigenvalue weighted by Gasteiger charge is -2.23. The van der Waals surface area contributed by atoms with E-state index in [0.717, 1.165) is 16.6 Å². The van der Waals surface area contributed by atoms with E-state index in [9.17, 15) is 14.7 Å². The summed E-state index contributed by atoms with van der Waals surface area (Å²) in [6.07, 6.45) is 0.367. The molecule has 1 saturated heterocycles. The number of anilines is 1. The van der Waals surface area contributed by atoms with Gasteiger partial charge in [0.15, 0.2) is 0 Å². The van der Waals surface area contributed by atoms with Crippen LogP contribution < -0.4 is 16.2 Å². The number of hydrogen-bond donors (Lipinski definition) is 2. The maximum absolute atomic E-state index is 12.1. The number of aryl methyl sites for hydroxylation is 1. The zero-order valence-electron chi connectivity index (χ0n) is 11.7. The van der Waals surface area contributed by atoms with Crippen LogP contribution >= 0.6 is 0 Å². The first-order valence-electron chi connectivity index (χ1n) is 6.78. The number of nitrogens with two attached hydrogens (primary N) is 1. The molecule has 0 aliphatic carbocycles. The fourth-order valence-corrected chi connectivity index (χ4v) is 2.87. The van der Waals surface area contributed by atoms with Crippen LogP contribution in [0.15, 0.2) is 35.1 Å². The number of carboxylic acids is 1. The molecule has 2 aromatic rings. The predicted molar refractivity (Wildman–Crippen MR) is 80.6 cm³/mol. The van der Waals surface area contributed by atoms with Gasteiger partial charge in [0.2, 0.25) is 0 Å². The van der Waals surface area contributed by atoms with Gasteiger partial charge >= 0.3 is 5.97 Å². The van der Waals surface area contributed by atoms with Gasteiger partial charge in [-0.1, -0.05) is 18.2 Å². The summed E-state index contributed by atoms with van der Waals surface area (Å²) < 4.78 is 1.59. The lowest BCUT2D eigenvalue weighted by molar-refractivity contribution is -0.142. The second kappa shape index (κ2) is 4.60. The molecule has 1 aliphatic rings. The smallest absolute Gasteiger partial charge is 0.325 e. The molecule has 3 N–H and O–H groups in total. The summed E-state index contributed by atoms with van der Waals surface area (Å²) in [5.74, 6) is -1.00. The maximum atomic E-state index is 12.1. The quantitative estimate of drug-likeness (QED) is 0.841. The minimum Gasteiger partial charge on any atom is -0.480 e. The van der Waals surface area contributed by atoms with Gasteiger partial charge in [-0.15, -0.1) is 0 Å². The lowest BCUT2D eigenvalue weighted by Crippen LogP contribution is -2.50. The van der Waals surface area contributed by atoms with Crippen LogP contribution in [0.25, 0.3) is 10.9 Å². The van der Waals surface area contributed by atoms with Crippen LogP contribution in [0.3, 0.4) is 0 Å². The molecule has 1 atom stereocenters. The first kappa shape index (κ1) is 13.6. The van der Waals surface area contributed by atoms with Crippen molar-refractivity contribution in [2.45, 2.75) is 12.0 Å². The average molecular weight is 287 g/mol. The summed E-state index contributed by atoms with van der Waals surface area (Å²) in [6, 6.07) is 9.14. The molecule has 3 rings (SSSR count). The molecule has 1 aliphatic heterocycles. The molecular weight excluding hydrogens is 270 g/mol. The van der Waals surface area contributed by atoms with Gasteiger partial charge in [-0.25, -0.2) is 0 Å². The Balaban J connectivity index is 2.13. The summed E-state index contributed by atoms with van der Waals surface area (Å²) in [6.45, 7) is 0.736. The summed E-state index contributed by atoms with van der Waals surface area (Å²) >= 11 is 0. The Bertz CT molecular complexity index is 783. The third-order valence-electron chi connectivity index (χ3n) is 4.20. The average Bonchev–Trinajstić information content (AvgIpc) is 2.87. The largest absolute Gasteiger partial charge is 0.480 e. The number of pyridine rings is 1. The Morgan fingerprint density at radius 1 is 1.38 bits per heavy atom. The first-order valence-corrected chi connectivity index (χ1v) is 6.78. The molecule has 0 bridgehead atoms. The molecule has 6 heteroatoms. The number of rotatable bonds is 2. The van der Waals surface area contributed by atoms with Gasteiger partial charge < -0.3 is 20.3 Å². The Morgan fingerprint density at radius 3 is 2.76 bits per heavy atom. The number of hydrogen-bond acceptors (Lipinski definition) is 4. The third kappa shape index (κ3) is 2.08. The number of aliphatic carboxylic acids is 1. The fourth-order valence-electron chi connectivity index (χ4n) is 2.87. The SMILES string of the molecule is Cn1c(=O)cc(N2CCC(N)(C(=O)O)C2)c2ccccc21. The molecule has 1 fully saturated rings. The van der Waals surface area contributed by atoms with Crippen molar-refractivity contribution in [2.24, 2.45) is 12.8 Å². The summed E-state index contributed by atoms with van der Waals surface area (Å²) in [5.41, 5.74) is 6.13. The van der Waals surface area contributed by atoms with Crippen molar-refractivity contribution < 1.29 is 9.90 Å². The molecule has 1 unspecified atom stereocenters. The molecule has 0 radical (unpaired) electrons. The van der Waals surface area contributed by atoms with E-state index in [1.807, 2.05) is 29.2 Å². The van der Waals surface area contributed by atoms with Crippen molar-refractivity contribution in [2.75, 3.05) is 18.0 Å². The van der Waals surface area contributed by atoms with E-state index in [0.29, 0.717) is 13.0 Å². The topological polar surface area (TPSA) is 88.6 Å². The van der Waals surface area contributed by atoms with E-state index >= 15 is 0 Å². The number of nitrogens with zero attached hydrogens (tertiary/aromatic N) is 2. The second-order valence-corrected chi connectivity index (χ2v) is 5.58. The van der Waals surface area contributed by atoms with Gasteiger partial charge in [-0.2, -0.15) is 0 Å². The Kier molecular flexibility index (Phi) is 2.98. The number of benzene rings is 1. The van der Waals surface area contributed by atoms with Gasteiger partial charge in [0, 0.05) is 31.6 Å². The molecule has 6 nitrogen and oxygen atoms in total. The van der Waals surface area contributed by atoms with E-state index < -0.39 is 11.5 Å². The van der Waals surface area contributed by atoms with E-state index in [2.05, 4.69) is 0 Å². The summed E-state index contributed by atoms with van der Waals surface area (Å²) in [7, 11) is 1.73. The van der Waals surface area contributed by atoms with Crippen LogP contribution in [-0.4, -0.2) is 34.3 Å². The fraction of sp³-hybridized carbons (Fsp3) is 0.333. The van der Waals surface area contributed by atoms with Crippen molar-refractivity contribution >= 4 is 22.6 Å². The first-order chi connectivity index (χ1) is 9.92. The minimum absolute atomic E-state index is 0.117. The Morgan fingerprint density at radius 2 is 2.10 bits per heavy atom. The van der Waals surface area contributed by atoms with E-state index in [4.69, 9.17) is 5.73 Å². The number of para-hydroxylation sites is 1. The van der Waals surface area contributed by atoms with Gasteiger partial charge in [0.1, 0.15) is 5.54 Å². The summed E-state index contributed by atoms with van der Waals surface area (Å²) in [5, 5.41) is 10.2. The number of carboxylic acid groups (broad SMARTS) is 1. The van der Waals surface area contributed by atoms with Gasteiger partial charge in [-0.05, 0) is 12.5 Å². The van der Waals surface area contributed by atoms with Crippen LogP contribution in [0.1, 0.15) is 6.42 Å².